The van der Waals surface area contributed by atoms with Crippen molar-refractivity contribution in [1.82, 2.24) is 0 Å². The predicted molar refractivity (Wildman–Crippen MR) is 201 cm³/mol. The summed E-state index contributed by atoms with van der Waals surface area (Å²) in [6, 6.07) is 0. The molecule has 0 N–H and O–H groups in total. The quantitative estimate of drug-likeness (QED) is 0.0375. The van der Waals surface area contributed by atoms with E-state index < -0.39 is 11.6 Å². The molecule has 5 heteroatoms. The van der Waals surface area contributed by atoms with Gasteiger partial charge in [0, 0.05) is 12.8 Å². The summed E-state index contributed by atoms with van der Waals surface area (Å²) < 4.78 is 0.0624. The Balaban J connectivity index is 3.76. The number of quaternary nitrogens is 1. The van der Waals surface area contributed by atoms with E-state index in [-0.39, 0.29) is 29.1 Å². The normalized spacial score (nSPS) is 11.7. The summed E-state index contributed by atoms with van der Waals surface area (Å²) in [7, 11) is 3.52. The second kappa shape index (κ2) is 33.2. The van der Waals surface area contributed by atoms with Gasteiger partial charge in [0.1, 0.15) is 13.1 Å². The highest BCUT2D eigenvalue weighted by molar-refractivity contribution is 6.38. The highest BCUT2D eigenvalue weighted by atomic mass is 16.2. The van der Waals surface area contributed by atoms with E-state index >= 15 is 0 Å². The number of likely N-dealkylation sites (N-methyl/N-ethyl adjacent to an activating group) is 1. The van der Waals surface area contributed by atoms with Gasteiger partial charge in [-0.2, -0.15) is 0 Å². The largest absolute Gasteiger partial charge is 0.315 e. The molecule has 0 fully saturated rings. The lowest BCUT2D eigenvalue weighted by atomic mass is 10.0. The Hall–Kier alpha value is -1.36. The molecule has 0 aromatic heterocycles. The van der Waals surface area contributed by atoms with Crippen LogP contribution in [0.4, 0.5) is 0 Å². The van der Waals surface area contributed by atoms with Gasteiger partial charge in [-0.15, -0.1) is 0 Å². The van der Waals surface area contributed by atoms with Crippen molar-refractivity contribution in [2.75, 3.05) is 27.2 Å². The Morgan fingerprint density at radius 3 is 0.702 bits per heavy atom. The molecule has 0 aliphatic rings. The molecule has 0 aromatic rings. The van der Waals surface area contributed by atoms with Crippen molar-refractivity contribution in [2.45, 2.75) is 219 Å². The van der Waals surface area contributed by atoms with Crippen LogP contribution in [0.1, 0.15) is 219 Å². The zero-order valence-corrected chi connectivity index (χ0v) is 32.1. The molecule has 47 heavy (non-hydrogen) atoms. The number of hydrogen-bond donors (Lipinski definition) is 0. The summed E-state index contributed by atoms with van der Waals surface area (Å²) >= 11 is 0. The molecule has 0 saturated heterocycles. The summed E-state index contributed by atoms with van der Waals surface area (Å²) in [6.07, 6.45) is 38.6. The minimum atomic E-state index is -0.414. The van der Waals surface area contributed by atoms with E-state index in [1.165, 1.54) is 154 Å². The Kier molecular flexibility index (Phi) is 32.2. The van der Waals surface area contributed by atoms with Gasteiger partial charge >= 0.3 is 0 Å². The van der Waals surface area contributed by atoms with Gasteiger partial charge in [-0.25, -0.2) is 0 Å². The molecule has 5 nitrogen and oxygen atoms in total. The van der Waals surface area contributed by atoms with Crippen LogP contribution >= 0.6 is 0 Å². The van der Waals surface area contributed by atoms with Crippen LogP contribution in [-0.2, 0) is 19.2 Å². The molecule has 0 heterocycles. The molecule has 0 bridgehead atoms. The molecule has 0 unspecified atom stereocenters. The zero-order valence-electron chi connectivity index (χ0n) is 32.1. The second-order valence-electron chi connectivity index (χ2n) is 15.3. The van der Waals surface area contributed by atoms with Crippen LogP contribution in [-0.4, -0.2) is 54.8 Å². The Morgan fingerprint density at radius 1 is 0.298 bits per heavy atom. The number of ketones is 4. The number of carbonyl (C=O) groups is 4. The van der Waals surface area contributed by atoms with E-state index in [4.69, 9.17) is 0 Å². The number of rotatable bonds is 38. The smallest absolute Gasteiger partial charge is 0.252 e. The molecule has 0 saturated carbocycles. The molecule has 0 atom stereocenters. The lowest BCUT2D eigenvalue weighted by Gasteiger charge is -2.27. The summed E-state index contributed by atoms with van der Waals surface area (Å²) in [4.78, 5) is 50.0. The van der Waals surface area contributed by atoms with E-state index in [1.807, 2.05) is 0 Å². The van der Waals surface area contributed by atoms with E-state index in [0.717, 1.165) is 38.5 Å². The van der Waals surface area contributed by atoms with Crippen LogP contribution in [0.2, 0.25) is 0 Å². The zero-order chi connectivity index (χ0) is 34.9. The van der Waals surface area contributed by atoms with Gasteiger partial charge in [0.15, 0.2) is 0 Å². The lowest BCUT2D eigenvalue weighted by Crippen LogP contribution is -2.50. The molecule has 276 valence electrons. The average molecular weight is 663 g/mol. The van der Waals surface area contributed by atoms with Crippen molar-refractivity contribution in [2.24, 2.45) is 0 Å². The van der Waals surface area contributed by atoms with Crippen molar-refractivity contribution in [1.29, 1.82) is 0 Å². The molecule has 0 radical (unpaired) electrons. The maximum Gasteiger partial charge on any atom is 0.252 e. The molecule has 0 spiro atoms. The third-order valence-electron chi connectivity index (χ3n) is 9.78. The lowest BCUT2D eigenvalue weighted by molar-refractivity contribution is -0.873. The monoisotopic (exact) mass is 663 g/mol. The summed E-state index contributed by atoms with van der Waals surface area (Å²) in [5, 5.41) is 0. The van der Waals surface area contributed by atoms with E-state index in [9.17, 15) is 19.2 Å². The van der Waals surface area contributed by atoms with E-state index in [1.54, 1.807) is 14.1 Å². The first-order chi connectivity index (χ1) is 22.7. The van der Waals surface area contributed by atoms with Gasteiger partial charge in [0.25, 0.3) is 11.6 Å². The standard InChI is InChI=1S/C42H80NO4/c1-5-7-9-11-13-15-17-19-21-23-25-27-29-31-33-35-39(44)41(46)37-43(3,4)38-42(47)40(45)36-34-32-30-28-26-24-22-20-18-16-14-12-10-8-6-2/h5-38H2,1-4H3/q+1. The van der Waals surface area contributed by atoms with Crippen molar-refractivity contribution < 1.29 is 23.7 Å². The Bertz CT molecular complexity index is 713. The molecule has 0 aliphatic heterocycles. The average Bonchev–Trinajstić information content (AvgIpc) is 3.03. The Labute approximate surface area is 292 Å². The van der Waals surface area contributed by atoms with Gasteiger partial charge in [0.05, 0.1) is 14.1 Å². The number of carbonyl (C=O) groups excluding carboxylic acids is 4. The molecule has 0 rings (SSSR count). The number of hydrogen-bond acceptors (Lipinski definition) is 4. The fraction of sp³-hybridized carbons (Fsp3) is 0.905. The first kappa shape index (κ1) is 45.6. The van der Waals surface area contributed by atoms with Crippen LogP contribution in [0.5, 0.6) is 0 Å². The van der Waals surface area contributed by atoms with Crippen LogP contribution in [0.3, 0.4) is 0 Å². The molecular weight excluding hydrogens is 582 g/mol. The van der Waals surface area contributed by atoms with Gasteiger partial charge in [-0.1, -0.05) is 194 Å². The topological polar surface area (TPSA) is 68.3 Å². The maximum atomic E-state index is 12.6. The third kappa shape index (κ3) is 31.6. The van der Waals surface area contributed by atoms with Gasteiger partial charge in [-0.05, 0) is 12.8 Å². The van der Waals surface area contributed by atoms with Crippen LogP contribution in [0.25, 0.3) is 0 Å². The van der Waals surface area contributed by atoms with Gasteiger partial charge < -0.3 is 4.48 Å². The first-order valence-corrected chi connectivity index (χ1v) is 20.7. The van der Waals surface area contributed by atoms with Crippen molar-refractivity contribution in [3.63, 3.8) is 0 Å². The van der Waals surface area contributed by atoms with Crippen LogP contribution in [0, 0.1) is 0 Å². The van der Waals surface area contributed by atoms with Gasteiger partial charge in [-0.3, -0.25) is 19.2 Å². The van der Waals surface area contributed by atoms with E-state index in [0.29, 0.717) is 12.8 Å². The van der Waals surface area contributed by atoms with Crippen molar-refractivity contribution >= 4 is 23.1 Å². The Morgan fingerprint density at radius 2 is 0.489 bits per heavy atom. The number of Topliss-reactive ketones (excluding diaryl/α,β-unsaturated/α-hetero) is 4. The SMILES string of the molecule is CCCCCCCCCCCCCCCCCC(=O)C(=O)C[N+](C)(C)CC(=O)C(=O)CCCCCCCCCCCCCCCCC. The molecule has 0 aromatic carbocycles. The molecule has 0 amide bonds. The maximum absolute atomic E-state index is 12.6. The third-order valence-corrected chi connectivity index (χ3v) is 9.78. The second-order valence-corrected chi connectivity index (χ2v) is 15.3. The molecular formula is C42H80NO4+. The first-order valence-electron chi connectivity index (χ1n) is 20.7. The van der Waals surface area contributed by atoms with Gasteiger partial charge in [0.2, 0.25) is 11.6 Å². The van der Waals surface area contributed by atoms with Crippen LogP contribution < -0.4 is 0 Å². The van der Waals surface area contributed by atoms with Crippen LogP contribution in [0.15, 0.2) is 0 Å². The highest BCUT2D eigenvalue weighted by Gasteiger charge is 2.29. The number of nitrogens with zero attached hydrogens (tertiary/aromatic N) is 1. The predicted octanol–water partition coefficient (Wildman–Crippen LogP) is 11.9. The van der Waals surface area contributed by atoms with Crippen molar-refractivity contribution in [3.05, 3.63) is 0 Å². The number of unbranched alkanes of at least 4 members (excludes halogenated alkanes) is 28. The molecule has 0 aliphatic carbocycles. The minimum absolute atomic E-state index is 0.0183. The summed E-state index contributed by atoms with van der Waals surface area (Å²) in [5.41, 5.74) is 0. The minimum Gasteiger partial charge on any atom is -0.315 e. The summed E-state index contributed by atoms with van der Waals surface area (Å²) in [5.74, 6) is -1.49. The van der Waals surface area contributed by atoms with Crippen molar-refractivity contribution in [3.8, 4) is 0 Å². The summed E-state index contributed by atoms with van der Waals surface area (Å²) in [6.45, 7) is 4.49. The van der Waals surface area contributed by atoms with E-state index in [2.05, 4.69) is 13.8 Å². The highest BCUT2D eigenvalue weighted by Crippen LogP contribution is 2.16. The fourth-order valence-corrected chi connectivity index (χ4v) is 6.60. The fourth-order valence-electron chi connectivity index (χ4n) is 6.60.